The second kappa shape index (κ2) is 10.0. The van der Waals surface area contributed by atoms with Crippen LogP contribution in [0.1, 0.15) is 52.9 Å². The molecular formula is C12H25O-. The fraction of sp³-hybridized carbons (Fsp3) is 0.917. The molecular weight excluding hydrogens is 160 g/mol. The van der Waals surface area contributed by atoms with Crippen LogP contribution in [-0.4, -0.2) is 13.2 Å². The molecule has 0 aromatic rings. The van der Waals surface area contributed by atoms with E-state index in [2.05, 4.69) is 27.2 Å². The maximum atomic E-state index is 5.38. The standard InChI is InChI=1S/C12H25O/c1-4-10-13-11-8-6-5-7-9-12(2)3/h6,12H,4-5,7-11H2,1-3H3/q-1. The maximum Gasteiger partial charge on any atom is 0.0462 e. The molecule has 0 unspecified atom stereocenters. The molecule has 1 nitrogen and oxygen atoms in total. The second-order valence-electron chi connectivity index (χ2n) is 4.01. The zero-order valence-corrected chi connectivity index (χ0v) is 9.51. The van der Waals surface area contributed by atoms with Crippen molar-refractivity contribution in [3.05, 3.63) is 6.42 Å². The van der Waals surface area contributed by atoms with E-state index in [0.717, 1.165) is 32.0 Å². The van der Waals surface area contributed by atoms with Crippen LogP contribution in [0.2, 0.25) is 0 Å². The molecule has 0 heterocycles. The van der Waals surface area contributed by atoms with Crippen molar-refractivity contribution in [3.63, 3.8) is 0 Å². The van der Waals surface area contributed by atoms with Gasteiger partial charge < -0.3 is 11.2 Å². The van der Waals surface area contributed by atoms with Crippen LogP contribution >= 0.6 is 0 Å². The largest absolute Gasteiger partial charge is 0.384 e. The van der Waals surface area contributed by atoms with Crippen molar-refractivity contribution in [2.24, 2.45) is 5.92 Å². The van der Waals surface area contributed by atoms with E-state index in [1.54, 1.807) is 0 Å². The Morgan fingerprint density at radius 2 is 1.92 bits per heavy atom. The third-order valence-corrected chi connectivity index (χ3v) is 2.00. The summed E-state index contributed by atoms with van der Waals surface area (Å²) in [4.78, 5) is 0. The van der Waals surface area contributed by atoms with Crippen LogP contribution in [0.25, 0.3) is 0 Å². The molecule has 0 radical (unpaired) electrons. The van der Waals surface area contributed by atoms with Crippen molar-refractivity contribution in [2.45, 2.75) is 52.9 Å². The summed E-state index contributed by atoms with van der Waals surface area (Å²) in [6, 6.07) is 0. The Balaban J connectivity index is 2.84. The predicted octanol–water partition coefficient (Wildman–Crippen LogP) is 3.83. The average molecular weight is 185 g/mol. The monoisotopic (exact) mass is 185 g/mol. The number of rotatable bonds is 9. The SMILES string of the molecule is CCCOCC[CH-]CCCC(C)C. The highest BCUT2D eigenvalue weighted by Crippen LogP contribution is 2.08. The Morgan fingerprint density at radius 3 is 2.54 bits per heavy atom. The summed E-state index contributed by atoms with van der Waals surface area (Å²) in [7, 11) is 0. The zero-order chi connectivity index (χ0) is 9.94. The summed E-state index contributed by atoms with van der Waals surface area (Å²) in [6.07, 6.45) is 8.56. The number of hydrogen-bond acceptors (Lipinski definition) is 1. The minimum atomic E-state index is 0.852. The lowest BCUT2D eigenvalue weighted by Crippen LogP contribution is -1.96. The third kappa shape index (κ3) is 12.0. The average Bonchev–Trinajstić information content (AvgIpc) is 2.09. The molecule has 0 aliphatic heterocycles. The van der Waals surface area contributed by atoms with Gasteiger partial charge in [-0.3, -0.25) is 0 Å². The first-order valence-corrected chi connectivity index (χ1v) is 5.66. The Bertz CT molecular complexity index is 89.1. The summed E-state index contributed by atoms with van der Waals surface area (Å²) in [6.45, 7) is 8.54. The van der Waals surface area contributed by atoms with Crippen LogP contribution in [0.3, 0.4) is 0 Å². The molecule has 0 bridgehead atoms. The Hall–Kier alpha value is -0.0400. The lowest BCUT2D eigenvalue weighted by Gasteiger charge is -2.12. The van der Waals surface area contributed by atoms with Gasteiger partial charge in [0.2, 0.25) is 0 Å². The molecule has 0 aromatic heterocycles. The normalized spacial score (nSPS) is 11.1. The topological polar surface area (TPSA) is 9.23 Å². The number of ether oxygens (including phenoxy) is 1. The van der Waals surface area contributed by atoms with Gasteiger partial charge in [-0.15, -0.1) is 0 Å². The molecule has 0 aromatic carbocycles. The van der Waals surface area contributed by atoms with Crippen LogP contribution in [0, 0.1) is 12.3 Å². The van der Waals surface area contributed by atoms with E-state index in [4.69, 9.17) is 4.74 Å². The van der Waals surface area contributed by atoms with Gasteiger partial charge in [0.15, 0.2) is 0 Å². The lowest BCUT2D eigenvalue weighted by molar-refractivity contribution is 0.136. The van der Waals surface area contributed by atoms with Gasteiger partial charge in [-0.2, -0.15) is 12.8 Å². The minimum Gasteiger partial charge on any atom is -0.384 e. The summed E-state index contributed by atoms with van der Waals surface area (Å²) in [5.74, 6) is 0.852. The summed E-state index contributed by atoms with van der Waals surface area (Å²) in [5, 5.41) is 0. The van der Waals surface area contributed by atoms with E-state index < -0.39 is 0 Å². The van der Waals surface area contributed by atoms with E-state index in [-0.39, 0.29) is 0 Å². The molecule has 1 heteroatoms. The van der Waals surface area contributed by atoms with Gasteiger partial charge in [0.05, 0.1) is 0 Å². The quantitative estimate of drug-likeness (QED) is 0.392. The highest BCUT2D eigenvalue weighted by molar-refractivity contribution is 4.64. The van der Waals surface area contributed by atoms with Gasteiger partial charge in [0.25, 0.3) is 0 Å². The van der Waals surface area contributed by atoms with Gasteiger partial charge in [-0.1, -0.05) is 33.6 Å². The van der Waals surface area contributed by atoms with Crippen LogP contribution in [-0.2, 0) is 4.74 Å². The molecule has 0 amide bonds. The molecule has 0 spiro atoms. The summed E-state index contributed by atoms with van der Waals surface area (Å²) < 4.78 is 5.38. The smallest absolute Gasteiger partial charge is 0.0462 e. The van der Waals surface area contributed by atoms with Gasteiger partial charge >= 0.3 is 0 Å². The first-order valence-electron chi connectivity index (χ1n) is 5.66. The molecule has 0 rings (SSSR count). The van der Waals surface area contributed by atoms with E-state index in [1.807, 2.05) is 0 Å². The molecule has 0 atom stereocenters. The van der Waals surface area contributed by atoms with E-state index in [9.17, 15) is 0 Å². The molecule has 0 saturated carbocycles. The molecule has 80 valence electrons. The van der Waals surface area contributed by atoms with Gasteiger partial charge in [0.1, 0.15) is 0 Å². The van der Waals surface area contributed by atoms with Crippen molar-refractivity contribution in [1.29, 1.82) is 0 Å². The van der Waals surface area contributed by atoms with Crippen LogP contribution in [0.5, 0.6) is 0 Å². The van der Waals surface area contributed by atoms with Crippen molar-refractivity contribution >= 4 is 0 Å². The van der Waals surface area contributed by atoms with Crippen LogP contribution < -0.4 is 0 Å². The first-order chi connectivity index (χ1) is 6.27. The van der Waals surface area contributed by atoms with Gasteiger partial charge in [-0.25, -0.2) is 0 Å². The molecule has 0 N–H and O–H groups in total. The van der Waals surface area contributed by atoms with Crippen LogP contribution in [0.15, 0.2) is 0 Å². The number of hydrogen-bond donors (Lipinski definition) is 0. The van der Waals surface area contributed by atoms with E-state index in [1.165, 1.54) is 19.3 Å². The Morgan fingerprint density at radius 1 is 1.15 bits per heavy atom. The molecule has 0 aliphatic carbocycles. The fourth-order valence-electron chi connectivity index (χ4n) is 1.23. The van der Waals surface area contributed by atoms with E-state index >= 15 is 0 Å². The first kappa shape index (κ1) is 13.0. The van der Waals surface area contributed by atoms with Crippen molar-refractivity contribution in [1.82, 2.24) is 0 Å². The third-order valence-electron chi connectivity index (χ3n) is 2.00. The Labute approximate surface area is 83.9 Å². The summed E-state index contributed by atoms with van der Waals surface area (Å²) in [5.41, 5.74) is 0. The second-order valence-corrected chi connectivity index (χ2v) is 4.01. The van der Waals surface area contributed by atoms with Crippen LogP contribution in [0.4, 0.5) is 0 Å². The highest BCUT2D eigenvalue weighted by atomic mass is 16.5. The van der Waals surface area contributed by atoms with Gasteiger partial charge in [0, 0.05) is 13.2 Å². The minimum absolute atomic E-state index is 0.852. The maximum absolute atomic E-state index is 5.38. The van der Waals surface area contributed by atoms with Crippen molar-refractivity contribution < 1.29 is 4.74 Å². The lowest BCUT2D eigenvalue weighted by atomic mass is 10.0. The summed E-state index contributed by atoms with van der Waals surface area (Å²) >= 11 is 0. The fourth-order valence-corrected chi connectivity index (χ4v) is 1.23. The predicted molar refractivity (Wildman–Crippen MR) is 58.7 cm³/mol. The zero-order valence-electron chi connectivity index (χ0n) is 9.51. The van der Waals surface area contributed by atoms with Crippen molar-refractivity contribution in [3.8, 4) is 0 Å². The highest BCUT2D eigenvalue weighted by Gasteiger charge is 1.89. The molecule has 13 heavy (non-hydrogen) atoms. The Kier molecular flexibility index (Phi) is 10.0. The van der Waals surface area contributed by atoms with Crippen molar-refractivity contribution in [2.75, 3.05) is 13.2 Å². The number of unbranched alkanes of at least 4 members (excludes halogenated alkanes) is 3. The van der Waals surface area contributed by atoms with Gasteiger partial charge in [-0.05, 0) is 12.3 Å². The van der Waals surface area contributed by atoms with E-state index in [0.29, 0.717) is 0 Å². The molecule has 0 saturated heterocycles. The molecule has 0 fully saturated rings. The molecule has 0 aliphatic rings.